The van der Waals surface area contributed by atoms with Crippen LogP contribution < -0.4 is 10.1 Å². The molecule has 1 fully saturated rings. The third kappa shape index (κ3) is 6.10. The quantitative estimate of drug-likeness (QED) is 0.735. The van der Waals surface area contributed by atoms with E-state index in [0.29, 0.717) is 13.0 Å². The van der Waals surface area contributed by atoms with Gasteiger partial charge in [-0.15, -0.1) is 0 Å². The van der Waals surface area contributed by atoms with E-state index >= 15 is 0 Å². The highest BCUT2D eigenvalue weighted by Crippen LogP contribution is 2.16. The summed E-state index contributed by atoms with van der Waals surface area (Å²) in [6.45, 7) is 7.94. The summed E-state index contributed by atoms with van der Waals surface area (Å²) in [5, 5.41) is 3.01. The third-order valence-electron chi connectivity index (χ3n) is 5.28. The minimum Gasteiger partial charge on any atom is -0.481 e. The van der Waals surface area contributed by atoms with E-state index in [-0.39, 0.29) is 5.91 Å². The number of amides is 1. The van der Waals surface area contributed by atoms with Crippen LogP contribution in [0, 0.1) is 6.92 Å². The van der Waals surface area contributed by atoms with Crippen molar-refractivity contribution < 1.29 is 9.53 Å². The normalized spacial score (nSPS) is 15.8. The highest BCUT2D eigenvalue weighted by Gasteiger charge is 2.18. The topological polar surface area (TPSA) is 41.6 Å². The lowest BCUT2D eigenvalue weighted by atomic mass is 10.1. The standard InChI is InChI=1S/C24H32N2O2/c1-3-23(28-22-9-7-8-19(2)16-22)24(27)25-17-20-10-12-21(13-11-20)18-26-14-5-4-6-15-26/h7-13,16,23H,3-6,14-15,17-18H2,1-2H3,(H,25,27)/t23-/m1/s1. The van der Waals surface area contributed by atoms with Crippen molar-refractivity contribution in [3.63, 3.8) is 0 Å². The fraction of sp³-hybridized carbons (Fsp3) is 0.458. The summed E-state index contributed by atoms with van der Waals surface area (Å²) in [6.07, 6.45) is 4.15. The smallest absolute Gasteiger partial charge is 0.261 e. The molecule has 0 unspecified atom stereocenters. The molecule has 1 aliphatic heterocycles. The number of hydrogen-bond donors (Lipinski definition) is 1. The van der Waals surface area contributed by atoms with Gasteiger partial charge in [0.1, 0.15) is 5.75 Å². The van der Waals surface area contributed by atoms with E-state index in [2.05, 4.69) is 34.5 Å². The molecule has 1 atom stereocenters. The minimum absolute atomic E-state index is 0.0681. The molecule has 1 amide bonds. The predicted molar refractivity (Wildman–Crippen MR) is 113 cm³/mol. The Balaban J connectivity index is 1.48. The molecular formula is C24H32N2O2. The first-order valence-electron chi connectivity index (χ1n) is 10.5. The molecule has 1 heterocycles. The molecule has 150 valence electrons. The molecule has 3 rings (SSSR count). The largest absolute Gasteiger partial charge is 0.481 e. The SMILES string of the molecule is CC[C@@H](Oc1cccc(C)c1)C(=O)NCc1ccc(CN2CCCCC2)cc1. The van der Waals surface area contributed by atoms with Crippen LogP contribution in [0.3, 0.4) is 0 Å². The number of nitrogens with one attached hydrogen (secondary N) is 1. The minimum atomic E-state index is -0.472. The van der Waals surface area contributed by atoms with Crippen molar-refractivity contribution in [3.8, 4) is 5.75 Å². The zero-order chi connectivity index (χ0) is 19.8. The van der Waals surface area contributed by atoms with E-state index in [1.54, 1.807) is 0 Å². The number of hydrogen-bond acceptors (Lipinski definition) is 3. The Morgan fingerprint density at radius 2 is 1.79 bits per heavy atom. The summed E-state index contributed by atoms with van der Waals surface area (Å²) in [5.74, 6) is 0.672. The van der Waals surface area contributed by atoms with Crippen molar-refractivity contribution in [2.45, 2.75) is 58.7 Å². The second-order valence-corrected chi connectivity index (χ2v) is 7.70. The van der Waals surface area contributed by atoms with Crippen LogP contribution in [0.25, 0.3) is 0 Å². The summed E-state index contributed by atoms with van der Waals surface area (Å²) in [7, 11) is 0. The third-order valence-corrected chi connectivity index (χ3v) is 5.28. The number of rotatable bonds is 8. The molecule has 0 aliphatic carbocycles. The fourth-order valence-electron chi connectivity index (χ4n) is 3.62. The van der Waals surface area contributed by atoms with Crippen LogP contribution in [0.4, 0.5) is 0 Å². The van der Waals surface area contributed by atoms with E-state index in [0.717, 1.165) is 23.4 Å². The Kier molecular flexibility index (Phi) is 7.49. The molecule has 1 N–H and O–H groups in total. The summed E-state index contributed by atoms with van der Waals surface area (Å²) < 4.78 is 5.88. The molecule has 4 nitrogen and oxygen atoms in total. The second kappa shape index (κ2) is 10.3. The number of piperidine rings is 1. The molecule has 4 heteroatoms. The van der Waals surface area contributed by atoms with Gasteiger partial charge in [-0.2, -0.15) is 0 Å². The lowest BCUT2D eigenvalue weighted by Gasteiger charge is -2.26. The summed E-state index contributed by atoms with van der Waals surface area (Å²) in [4.78, 5) is 15.0. The van der Waals surface area contributed by atoms with E-state index < -0.39 is 6.10 Å². The number of carbonyl (C=O) groups is 1. The zero-order valence-electron chi connectivity index (χ0n) is 17.1. The van der Waals surface area contributed by atoms with Crippen LogP contribution in [0.2, 0.25) is 0 Å². The molecular weight excluding hydrogens is 348 g/mol. The maximum Gasteiger partial charge on any atom is 0.261 e. The second-order valence-electron chi connectivity index (χ2n) is 7.70. The molecule has 2 aromatic carbocycles. The maximum absolute atomic E-state index is 12.5. The van der Waals surface area contributed by atoms with Gasteiger partial charge in [0.2, 0.25) is 0 Å². The average Bonchev–Trinajstić information content (AvgIpc) is 2.72. The van der Waals surface area contributed by atoms with Gasteiger partial charge < -0.3 is 10.1 Å². The first-order chi connectivity index (χ1) is 13.6. The maximum atomic E-state index is 12.5. The van der Waals surface area contributed by atoms with Crippen molar-refractivity contribution >= 4 is 5.91 Å². The Morgan fingerprint density at radius 3 is 2.46 bits per heavy atom. The van der Waals surface area contributed by atoms with Crippen molar-refractivity contribution in [1.82, 2.24) is 10.2 Å². The number of nitrogens with zero attached hydrogens (tertiary/aromatic N) is 1. The van der Waals surface area contributed by atoms with Gasteiger partial charge in [-0.05, 0) is 68.1 Å². The van der Waals surface area contributed by atoms with E-state index in [4.69, 9.17) is 4.74 Å². The number of likely N-dealkylation sites (tertiary alicyclic amines) is 1. The van der Waals surface area contributed by atoms with Gasteiger partial charge in [0.15, 0.2) is 6.10 Å². The highest BCUT2D eigenvalue weighted by atomic mass is 16.5. The molecule has 28 heavy (non-hydrogen) atoms. The van der Waals surface area contributed by atoms with Crippen molar-refractivity contribution in [2.75, 3.05) is 13.1 Å². The van der Waals surface area contributed by atoms with Crippen molar-refractivity contribution in [2.24, 2.45) is 0 Å². The summed E-state index contributed by atoms with van der Waals surface area (Å²) in [5.41, 5.74) is 3.57. The predicted octanol–water partition coefficient (Wildman–Crippen LogP) is 4.45. The van der Waals surface area contributed by atoms with E-state index in [9.17, 15) is 4.79 Å². The number of aryl methyl sites for hydroxylation is 1. The van der Waals surface area contributed by atoms with Crippen molar-refractivity contribution in [1.29, 1.82) is 0 Å². The Morgan fingerprint density at radius 1 is 1.07 bits per heavy atom. The number of carbonyl (C=O) groups excluding carboxylic acids is 1. The van der Waals surface area contributed by atoms with Gasteiger partial charge >= 0.3 is 0 Å². The molecule has 0 aromatic heterocycles. The highest BCUT2D eigenvalue weighted by molar-refractivity contribution is 5.81. The summed E-state index contributed by atoms with van der Waals surface area (Å²) in [6, 6.07) is 16.4. The number of ether oxygens (including phenoxy) is 1. The first-order valence-corrected chi connectivity index (χ1v) is 10.5. The lowest BCUT2D eigenvalue weighted by molar-refractivity contribution is -0.128. The van der Waals surface area contributed by atoms with Gasteiger partial charge in [0.05, 0.1) is 0 Å². The number of benzene rings is 2. The van der Waals surface area contributed by atoms with Gasteiger partial charge in [0.25, 0.3) is 5.91 Å². The first kappa shape index (κ1) is 20.4. The monoisotopic (exact) mass is 380 g/mol. The van der Waals surface area contributed by atoms with Crippen LogP contribution in [0.1, 0.15) is 49.3 Å². The van der Waals surface area contributed by atoms with Crippen LogP contribution in [-0.4, -0.2) is 30.0 Å². The molecule has 1 aliphatic rings. The molecule has 0 saturated carbocycles. The Hall–Kier alpha value is -2.33. The lowest BCUT2D eigenvalue weighted by Crippen LogP contribution is -2.37. The molecule has 0 radical (unpaired) electrons. The van der Waals surface area contributed by atoms with E-state index in [1.165, 1.54) is 37.9 Å². The van der Waals surface area contributed by atoms with Gasteiger partial charge in [-0.3, -0.25) is 9.69 Å². The van der Waals surface area contributed by atoms with Crippen molar-refractivity contribution in [3.05, 3.63) is 65.2 Å². The molecule has 0 spiro atoms. The molecule has 1 saturated heterocycles. The zero-order valence-corrected chi connectivity index (χ0v) is 17.1. The van der Waals surface area contributed by atoms with Gasteiger partial charge in [-0.1, -0.05) is 49.7 Å². The van der Waals surface area contributed by atoms with Gasteiger partial charge in [0, 0.05) is 13.1 Å². The molecule has 2 aromatic rings. The summed E-state index contributed by atoms with van der Waals surface area (Å²) >= 11 is 0. The fourth-order valence-corrected chi connectivity index (χ4v) is 3.62. The van der Waals surface area contributed by atoms with E-state index in [1.807, 2.05) is 38.1 Å². The van der Waals surface area contributed by atoms with Crippen LogP contribution in [0.15, 0.2) is 48.5 Å². The van der Waals surface area contributed by atoms with Gasteiger partial charge in [-0.25, -0.2) is 0 Å². The molecule has 0 bridgehead atoms. The Bertz CT molecular complexity index is 751. The average molecular weight is 381 g/mol. The van der Waals surface area contributed by atoms with Crippen LogP contribution in [0.5, 0.6) is 5.75 Å². The van der Waals surface area contributed by atoms with Crippen LogP contribution in [-0.2, 0) is 17.9 Å². The Labute approximate surface area is 168 Å². The van der Waals surface area contributed by atoms with Crippen LogP contribution >= 0.6 is 0 Å².